The third-order valence-electron chi connectivity index (χ3n) is 11.0. The van der Waals surface area contributed by atoms with Gasteiger partial charge in [-0.3, -0.25) is 24.0 Å². The van der Waals surface area contributed by atoms with Gasteiger partial charge in [-0.05, 0) is 43.1 Å². The first-order valence-corrected chi connectivity index (χ1v) is 13.4. The molecule has 0 aliphatic heterocycles. The quantitative estimate of drug-likeness (QED) is 0.527. The van der Waals surface area contributed by atoms with Crippen molar-refractivity contribution in [1.82, 2.24) is 0 Å². The van der Waals surface area contributed by atoms with E-state index in [0.717, 1.165) is 0 Å². The van der Waals surface area contributed by atoms with Crippen LogP contribution in [0.1, 0.15) is 87.0 Å². The fourth-order valence-corrected chi connectivity index (χ4v) is 8.49. The van der Waals surface area contributed by atoms with Gasteiger partial charge in [0.05, 0.1) is 12.0 Å². The van der Waals surface area contributed by atoms with Gasteiger partial charge in [-0.1, -0.05) is 47.1 Å². The number of carbonyl (C=O) groups excluding carboxylic acids is 4. The van der Waals surface area contributed by atoms with Crippen molar-refractivity contribution in [3.63, 3.8) is 0 Å². The molecule has 0 aromatic rings. The lowest BCUT2D eigenvalue weighted by molar-refractivity contribution is -0.146. The number of aliphatic carboxylic acids is 1. The lowest BCUT2D eigenvalue weighted by Crippen LogP contribution is -2.59. The SMILES string of the molecule is CC(=CC(=O)CC(C)C(=O)O)C1CC(O)C2(C)C3=C(C(=O)CC12C)C1(C)CCC(=O)C(C)(C)C1CC3=O. The first kappa shape index (κ1) is 27.6. The van der Waals surface area contributed by atoms with Gasteiger partial charge in [0.1, 0.15) is 5.78 Å². The summed E-state index contributed by atoms with van der Waals surface area (Å²) in [5.74, 6) is -2.88. The van der Waals surface area contributed by atoms with Crippen molar-refractivity contribution in [3.05, 3.63) is 22.8 Å². The molecule has 4 aliphatic rings. The number of fused-ring (bicyclic) bond motifs is 4. The number of allylic oxidation sites excluding steroid dienone is 3. The summed E-state index contributed by atoms with van der Waals surface area (Å²) in [6.07, 6.45) is 1.92. The van der Waals surface area contributed by atoms with Crippen LogP contribution in [-0.2, 0) is 24.0 Å². The number of ketones is 4. The van der Waals surface area contributed by atoms with E-state index in [0.29, 0.717) is 36.0 Å². The normalized spacial score (nSPS) is 40.2. The number of aliphatic hydroxyl groups excluding tert-OH is 1. The number of carboxylic acids is 1. The minimum atomic E-state index is -1.04. The molecule has 0 saturated heterocycles. The minimum Gasteiger partial charge on any atom is -0.481 e. The second-order valence-corrected chi connectivity index (χ2v) is 13.3. The van der Waals surface area contributed by atoms with Crippen LogP contribution in [0, 0.1) is 39.4 Å². The average molecular weight is 513 g/mol. The van der Waals surface area contributed by atoms with Crippen LogP contribution in [0.5, 0.6) is 0 Å². The third kappa shape index (κ3) is 3.67. The molecule has 2 saturated carbocycles. The van der Waals surface area contributed by atoms with Crippen molar-refractivity contribution in [2.75, 3.05) is 0 Å². The number of Topliss-reactive ketones (excluding diaryl/α,β-unsaturated/α-hetero) is 3. The number of carbonyl (C=O) groups is 5. The van der Waals surface area contributed by atoms with Crippen LogP contribution in [0.3, 0.4) is 0 Å². The van der Waals surface area contributed by atoms with Gasteiger partial charge in [-0.15, -0.1) is 0 Å². The van der Waals surface area contributed by atoms with Crippen LogP contribution >= 0.6 is 0 Å². The molecule has 0 aromatic heterocycles. The zero-order valence-corrected chi connectivity index (χ0v) is 23.1. The maximum atomic E-state index is 14.0. The largest absolute Gasteiger partial charge is 0.481 e. The Kier molecular flexibility index (Phi) is 6.38. The predicted molar refractivity (Wildman–Crippen MR) is 136 cm³/mol. The zero-order valence-electron chi connectivity index (χ0n) is 23.1. The van der Waals surface area contributed by atoms with Gasteiger partial charge >= 0.3 is 5.97 Å². The van der Waals surface area contributed by atoms with Gasteiger partial charge in [-0.25, -0.2) is 0 Å². The number of hydrogen-bond donors (Lipinski definition) is 2. The van der Waals surface area contributed by atoms with Crippen LogP contribution < -0.4 is 0 Å². The lowest BCUT2D eigenvalue weighted by atomic mass is 9.43. The smallest absolute Gasteiger partial charge is 0.306 e. The van der Waals surface area contributed by atoms with Crippen LogP contribution in [0.25, 0.3) is 0 Å². The molecule has 0 heterocycles. The third-order valence-corrected chi connectivity index (χ3v) is 11.0. The molecule has 4 rings (SSSR count). The molecular formula is C30H40O7. The average Bonchev–Trinajstić information content (AvgIpc) is 2.99. The highest BCUT2D eigenvalue weighted by atomic mass is 16.4. The molecule has 7 nitrogen and oxygen atoms in total. The van der Waals surface area contributed by atoms with Crippen molar-refractivity contribution in [2.24, 2.45) is 39.4 Å². The van der Waals surface area contributed by atoms with Crippen molar-refractivity contribution in [1.29, 1.82) is 0 Å². The van der Waals surface area contributed by atoms with Crippen LogP contribution in [0.15, 0.2) is 22.8 Å². The summed E-state index contributed by atoms with van der Waals surface area (Å²) < 4.78 is 0. The van der Waals surface area contributed by atoms with E-state index in [-0.39, 0.29) is 54.2 Å². The zero-order chi connectivity index (χ0) is 27.9. The summed E-state index contributed by atoms with van der Waals surface area (Å²) in [7, 11) is 0. The van der Waals surface area contributed by atoms with Crippen LogP contribution in [-0.4, -0.2) is 45.4 Å². The summed E-state index contributed by atoms with van der Waals surface area (Å²) in [6, 6.07) is 0. The first-order valence-electron chi connectivity index (χ1n) is 13.4. The molecule has 4 aliphatic carbocycles. The highest BCUT2D eigenvalue weighted by Gasteiger charge is 2.69. The van der Waals surface area contributed by atoms with E-state index in [2.05, 4.69) is 0 Å². The van der Waals surface area contributed by atoms with Crippen LogP contribution in [0.4, 0.5) is 0 Å². The number of aliphatic hydroxyl groups is 1. The Bertz CT molecular complexity index is 1170. The molecule has 0 bridgehead atoms. The summed E-state index contributed by atoms with van der Waals surface area (Å²) in [4.78, 5) is 64.5. The molecule has 0 aromatic carbocycles. The second kappa shape index (κ2) is 8.55. The highest BCUT2D eigenvalue weighted by molar-refractivity contribution is 6.12. The topological polar surface area (TPSA) is 126 Å². The lowest BCUT2D eigenvalue weighted by Gasteiger charge is -2.59. The maximum Gasteiger partial charge on any atom is 0.306 e. The van der Waals surface area contributed by atoms with Crippen molar-refractivity contribution in [2.45, 2.75) is 93.1 Å². The van der Waals surface area contributed by atoms with E-state index in [9.17, 15) is 29.1 Å². The predicted octanol–water partition coefficient (Wildman–Crippen LogP) is 4.26. The van der Waals surface area contributed by atoms with E-state index >= 15 is 0 Å². The molecule has 202 valence electrons. The molecule has 2 N–H and O–H groups in total. The van der Waals surface area contributed by atoms with E-state index in [1.807, 2.05) is 34.6 Å². The molecular weight excluding hydrogens is 472 g/mol. The van der Waals surface area contributed by atoms with Gasteiger partial charge < -0.3 is 10.2 Å². The van der Waals surface area contributed by atoms with Gasteiger partial charge in [0.15, 0.2) is 17.3 Å². The van der Waals surface area contributed by atoms with Crippen molar-refractivity contribution < 1.29 is 34.2 Å². The molecule has 7 unspecified atom stereocenters. The molecule has 37 heavy (non-hydrogen) atoms. The fraction of sp³-hybridized carbons (Fsp3) is 0.700. The monoisotopic (exact) mass is 512 g/mol. The van der Waals surface area contributed by atoms with E-state index < -0.39 is 39.7 Å². The Hall–Kier alpha value is -2.41. The molecule has 2 fully saturated rings. The van der Waals surface area contributed by atoms with Gasteiger partial charge in [0.2, 0.25) is 0 Å². The second-order valence-electron chi connectivity index (χ2n) is 13.3. The van der Waals surface area contributed by atoms with Crippen molar-refractivity contribution >= 4 is 29.1 Å². The first-order chi connectivity index (χ1) is 16.9. The molecule has 0 spiro atoms. The van der Waals surface area contributed by atoms with E-state index in [4.69, 9.17) is 5.11 Å². The van der Waals surface area contributed by atoms with Gasteiger partial charge in [0, 0.05) is 53.1 Å². The Morgan fingerprint density at radius 2 is 1.68 bits per heavy atom. The summed E-state index contributed by atoms with van der Waals surface area (Å²) in [5.41, 5.74) is -1.46. The molecule has 0 radical (unpaired) electrons. The Labute approximate surface area is 218 Å². The summed E-state index contributed by atoms with van der Waals surface area (Å²) in [5, 5.41) is 20.7. The highest BCUT2D eigenvalue weighted by Crippen LogP contribution is 2.70. The Morgan fingerprint density at radius 3 is 2.27 bits per heavy atom. The number of hydrogen-bond acceptors (Lipinski definition) is 6. The molecule has 7 heteroatoms. The summed E-state index contributed by atoms with van der Waals surface area (Å²) in [6.45, 7) is 12.9. The van der Waals surface area contributed by atoms with E-state index in [1.54, 1.807) is 6.92 Å². The maximum absolute atomic E-state index is 14.0. The molecule has 0 amide bonds. The van der Waals surface area contributed by atoms with Gasteiger partial charge in [0.25, 0.3) is 0 Å². The Morgan fingerprint density at radius 1 is 1.05 bits per heavy atom. The van der Waals surface area contributed by atoms with Crippen molar-refractivity contribution in [3.8, 4) is 0 Å². The van der Waals surface area contributed by atoms with Gasteiger partial charge in [-0.2, -0.15) is 0 Å². The number of carboxylic acid groups (broad SMARTS) is 1. The molecule has 7 atom stereocenters. The van der Waals surface area contributed by atoms with E-state index in [1.165, 1.54) is 13.0 Å². The standard InChI is InChI=1S/C30H40O7/c1-15(10-17(31)11-16(2)26(36)37)18-12-23(35)30(7)25-19(32)13-21-27(3,4)22(34)8-9-28(21,5)24(25)20(33)14-29(18,30)6/h10,16,18,21,23,35H,8-9,11-14H2,1-7H3,(H,36,37). The summed E-state index contributed by atoms with van der Waals surface area (Å²) >= 11 is 0. The fourth-order valence-electron chi connectivity index (χ4n) is 8.49. The van der Waals surface area contributed by atoms with Crippen LogP contribution in [0.2, 0.25) is 0 Å². The Balaban J connectivity index is 1.81. The minimum absolute atomic E-state index is 0.0987. The number of rotatable bonds is 5.